The molecule has 0 radical (unpaired) electrons. The van der Waals surface area contributed by atoms with E-state index in [4.69, 9.17) is 5.11 Å². The molecule has 1 aromatic heterocycles. The number of aromatic nitrogens is 2. The number of aromatic amines is 1. The van der Waals surface area contributed by atoms with E-state index in [9.17, 15) is 0 Å². The normalized spacial score (nSPS) is 25.6. The van der Waals surface area contributed by atoms with Crippen LogP contribution in [0, 0.1) is 5.92 Å². The third-order valence-corrected chi connectivity index (χ3v) is 3.94. The Bertz CT molecular complexity index is 372. The Morgan fingerprint density at radius 3 is 3.06 bits per heavy atom. The minimum absolute atomic E-state index is 0.195. The Kier molecular flexibility index (Phi) is 3.16. The number of nitrogens with one attached hydrogen (secondary N) is 1. The fourth-order valence-electron chi connectivity index (χ4n) is 2.74. The summed E-state index contributed by atoms with van der Waals surface area (Å²) in [6, 6.07) is 2.13. The van der Waals surface area contributed by atoms with Crippen molar-refractivity contribution in [2.24, 2.45) is 5.92 Å². The van der Waals surface area contributed by atoms with Gasteiger partial charge in [-0.05, 0) is 37.8 Å². The van der Waals surface area contributed by atoms with Crippen LogP contribution in [-0.4, -0.2) is 46.4 Å². The van der Waals surface area contributed by atoms with Gasteiger partial charge >= 0.3 is 0 Å². The van der Waals surface area contributed by atoms with Gasteiger partial charge in [-0.2, -0.15) is 5.10 Å². The van der Waals surface area contributed by atoms with Crippen LogP contribution in [0.25, 0.3) is 0 Å². The fourth-order valence-corrected chi connectivity index (χ4v) is 2.74. The maximum Gasteiger partial charge on any atom is 0.0669 e. The van der Waals surface area contributed by atoms with Crippen LogP contribution in [0.15, 0.2) is 6.07 Å². The molecule has 0 unspecified atom stereocenters. The molecule has 0 spiro atoms. The average molecular weight is 235 g/mol. The van der Waals surface area contributed by atoms with Gasteiger partial charge in [-0.25, -0.2) is 0 Å². The van der Waals surface area contributed by atoms with Crippen molar-refractivity contribution in [3.63, 3.8) is 0 Å². The van der Waals surface area contributed by atoms with Gasteiger partial charge in [0.2, 0.25) is 0 Å². The molecule has 1 aromatic rings. The Hall–Kier alpha value is -0.870. The van der Waals surface area contributed by atoms with E-state index in [-0.39, 0.29) is 6.61 Å². The lowest BCUT2D eigenvalue weighted by molar-refractivity contribution is 0.298. The average Bonchev–Trinajstić information content (AvgIpc) is 2.82. The summed E-state index contributed by atoms with van der Waals surface area (Å²) in [5.41, 5.74) is 2.25. The molecule has 17 heavy (non-hydrogen) atoms. The van der Waals surface area contributed by atoms with Gasteiger partial charge in [-0.1, -0.05) is 0 Å². The standard InChI is InChI=1S/C13H21N3O/c17-6-4-12-7-13(15-14-12)11-3-5-16(9-11)8-10-1-2-10/h7,10-11,17H,1-6,8-9H2,(H,14,15)/t11-/m0/s1. The van der Waals surface area contributed by atoms with Crippen LogP contribution < -0.4 is 0 Å². The summed E-state index contributed by atoms with van der Waals surface area (Å²) in [4.78, 5) is 2.59. The van der Waals surface area contributed by atoms with Gasteiger partial charge in [0, 0.05) is 37.7 Å². The lowest BCUT2D eigenvalue weighted by Gasteiger charge is -2.14. The molecule has 1 saturated heterocycles. The van der Waals surface area contributed by atoms with Crippen LogP contribution in [0.2, 0.25) is 0 Å². The minimum atomic E-state index is 0.195. The Morgan fingerprint density at radius 2 is 2.29 bits per heavy atom. The van der Waals surface area contributed by atoms with Crippen molar-refractivity contribution >= 4 is 0 Å². The second kappa shape index (κ2) is 4.78. The number of aliphatic hydroxyl groups excluding tert-OH is 1. The summed E-state index contributed by atoms with van der Waals surface area (Å²) in [5, 5.41) is 16.3. The maximum absolute atomic E-state index is 8.89. The molecule has 0 bridgehead atoms. The molecule has 3 rings (SSSR count). The van der Waals surface area contributed by atoms with Gasteiger partial charge in [-0.3, -0.25) is 5.10 Å². The highest BCUT2D eigenvalue weighted by Gasteiger charge is 2.30. The van der Waals surface area contributed by atoms with Crippen molar-refractivity contribution in [2.45, 2.75) is 31.6 Å². The van der Waals surface area contributed by atoms with Crippen molar-refractivity contribution < 1.29 is 5.11 Å². The third kappa shape index (κ3) is 2.69. The third-order valence-electron chi connectivity index (χ3n) is 3.94. The molecule has 0 aromatic carbocycles. The summed E-state index contributed by atoms with van der Waals surface area (Å²) in [7, 11) is 0. The molecule has 1 aliphatic heterocycles. The second-order valence-electron chi connectivity index (χ2n) is 5.48. The first kappa shape index (κ1) is 11.2. The highest BCUT2D eigenvalue weighted by Crippen LogP contribution is 2.33. The molecule has 4 nitrogen and oxygen atoms in total. The molecule has 1 saturated carbocycles. The van der Waals surface area contributed by atoms with Crippen molar-refractivity contribution in [1.82, 2.24) is 15.1 Å². The van der Waals surface area contributed by atoms with Crippen molar-refractivity contribution in [2.75, 3.05) is 26.2 Å². The summed E-state index contributed by atoms with van der Waals surface area (Å²) < 4.78 is 0. The largest absolute Gasteiger partial charge is 0.396 e. The topological polar surface area (TPSA) is 52.1 Å². The number of hydrogen-bond donors (Lipinski definition) is 2. The maximum atomic E-state index is 8.89. The molecule has 4 heteroatoms. The SMILES string of the molecule is OCCc1cc([C@H]2CCN(CC3CC3)C2)n[nH]1. The molecular weight excluding hydrogens is 214 g/mol. The number of likely N-dealkylation sites (tertiary alicyclic amines) is 1. The lowest BCUT2D eigenvalue weighted by Crippen LogP contribution is -2.22. The Labute approximate surface area is 102 Å². The van der Waals surface area contributed by atoms with E-state index in [1.807, 2.05) is 0 Å². The van der Waals surface area contributed by atoms with Gasteiger partial charge in [0.15, 0.2) is 0 Å². The number of hydrogen-bond acceptors (Lipinski definition) is 3. The van der Waals surface area contributed by atoms with E-state index in [0.29, 0.717) is 12.3 Å². The quantitative estimate of drug-likeness (QED) is 0.805. The first-order chi connectivity index (χ1) is 8.35. The van der Waals surface area contributed by atoms with E-state index in [2.05, 4.69) is 21.2 Å². The van der Waals surface area contributed by atoms with Crippen molar-refractivity contribution in [3.8, 4) is 0 Å². The van der Waals surface area contributed by atoms with Crippen molar-refractivity contribution in [3.05, 3.63) is 17.5 Å². The van der Waals surface area contributed by atoms with Crippen LogP contribution in [0.3, 0.4) is 0 Å². The van der Waals surface area contributed by atoms with Gasteiger partial charge < -0.3 is 10.0 Å². The van der Waals surface area contributed by atoms with Crippen LogP contribution in [0.5, 0.6) is 0 Å². The number of H-pyrrole nitrogens is 1. The van der Waals surface area contributed by atoms with E-state index < -0.39 is 0 Å². The Morgan fingerprint density at radius 1 is 1.41 bits per heavy atom. The zero-order valence-corrected chi connectivity index (χ0v) is 10.2. The molecule has 1 aliphatic carbocycles. The molecular formula is C13H21N3O. The molecule has 2 N–H and O–H groups in total. The predicted molar refractivity (Wildman–Crippen MR) is 65.9 cm³/mol. The van der Waals surface area contributed by atoms with Gasteiger partial charge in [0.1, 0.15) is 0 Å². The van der Waals surface area contributed by atoms with Crippen molar-refractivity contribution in [1.29, 1.82) is 0 Å². The van der Waals surface area contributed by atoms with Gasteiger partial charge in [0.05, 0.1) is 5.69 Å². The molecule has 1 atom stereocenters. The van der Waals surface area contributed by atoms with E-state index in [1.165, 1.54) is 44.6 Å². The predicted octanol–water partition coefficient (Wildman–Crippen LogP) is 1.14. The van der Waals surface area contributed by atoms with Crippen LogP contribution in [-0.2, 0) is 6.42 Å². The zero-order valence-electron chi connectivity index (χ0n) is 10.2. The lowest BCUT2D eigenvalue weighted by atomic mass is 10.0. The molecule has 2 heterocycles. The number of nitrogens with zero attached hydrogens (tertiary/aromatic N) is 2. The highest BCUT2D eigenvalue weighted by molar-refractivity contribution is 5.15. The summed E-state index contributed by atoms with van der Waals surface area (Å²) in [6.07, 6.45) is 4.79. The van der Waals surface area contributed by atoms with E-state index in [0.717, 1.165) is 11.6 Å². The first-order valence-electron chi connectivity index (χ1n) is 6.72. The first-order valence-corrected chi connectivity index (χ1v) is 6.72. The van der Waals surface area contributed by atoms with E-state index in [1.54, 1.807) is 0 Å². The number of aliphatic hydroxyl groups is 1. The fraction of sp³-hybridized carbons (Fsp3) is 0.769. The van der Waals surface area contributed by atoms with Gasteiger partial charge in [-0.15, -0.1) is 0 Å². The monoisotopic (exact) mass is 235 g/mol. The minimum Gasteiger partial charge on any atom is -0.396 e. The highest BCUT2D eigenvalue weighted by atomic mass is 16.3. The summed E-state index contributed by atoms with van der Waals surface area (Å²) in [6.45, 7) is 3.88. The molecule has 0 amide bonds. The number of rotatable bonds is 5. The van der Waals surface area contributed by atoms with Crippen LogP contribution in [0.1, 0.15) is 36.6 Å². The van der Waals surface area contributed by atoms with Crippen LogP contribution in [0.4, 0.5) is 0 Å². The van der Waals surface area contributed by atoms with Gasteiger partial charge in [0.25, 0.3) is 0 Å². The summed E-state index contributed by atoms with van der Waals surface area (Å²) >= 11 is 0. The Balaban J connectivity index is 1.56. The molecule has 2 aliphatic rings. The van der Waals surface area contributed by atoms with E-state index >= 15 is 0 Å². The zero-order chi connectivity index (χ0) is 11.7. The van der Waals surface area contributed by atoms with Crippen LogP contribution >= 0.6 is 0 Å². The smallest absolute Gasteiger partial charge is 0.0669 e. The summed E-state index contributed by atoms with van der Waals surface area (Å²) in [5.74, 6) is 1.58. The molecule has 94 valence electrons. The molecule has 2 fully saturated rings. The second-order valence-corrected chi connectivity index (χ2v) is 5.48.